The number of nitrogens with one attached hydrogen (secondary N) is 1. The van der Waals surface area contributed by atoms with Crippen LogP contribution in [0.5, 0.6) is 0 Å². The third-order valence-electron chi connectivity index (χ3n) is 2.12. The number of rotatable bonds is 6. The molecular formula is C11H16F2N2S. The summed E-state index contributed by atoms with van der Waals surface area (Å²) < 4.78 is 26.4. The molecule has 0 saturated carbocycles. The van der Waals surface area contributed by atoms with Gasteiger partial charge >= 0.3 is 0 Å². The first kappa shape index (κ1) is 13.2. The summed E-state index contributed by atoms with van der Waals surface area (Å²) in [5, 5.41) is 2.86. The number of anilines is 1. The molecule has 1 aromatic heterocycles. The molecule has 1 aromatic rings. The lowest BCUT2D eigenvalue weighted by molar-refractivity contribution is 0.551. The summed E-state index contributed by atoms with van der Waals surface area (Å²) in [6.07, 6.45) is 3.27. The van der Waals surface area contributed by atoms with Crippen LogP contribution < -0.4 is 5.32 Å². The number of nitrogens with zero attached hydrogens (tertiary/aromatic N) is 1. The first-order chi connectivity index (χ1) is 7.69. The van der Waals surface area contributed by atoms with Gasteiger partial charge in [-0.2, -0.15) is 0 Å². The predicted molar refractivity (Wildman–Crippen MR) is 63.9 cm³/mol. The third-order valence-corrected chi connectivity index (χ3v) is 3.17. The van der Waals surface area contributed by atoms with Gasteiger partial charge in [0, 0.05) is 13.1 Å². The predicted octanol–water partition coefficient (Wildman–Crippen LogP) is 3.68. The van der Waals surface area contributed by atoms with Crippen molar-refractivity contribution < 1.29 is 8.78 Å². The Balaban J connectivity index is 2.64. The molecule has 0 amide bonds. The van der Waals surface area contributed by atoms with Crippen molar-refractivity contribution in [1.29, 1.82) is 0 Å². The fraction of sp³-hybridized carbons (Fsp3) is 0.545. The van der Waals surface area contributed by atoms with E-state index in [4.69, 9.17) is 0 Å². The summed E-state index contributed by atoms with van der Waals surface area (Å²) in [6.45, 7) is 2.11. The van der Waals surface area contributed by atoms with Gasteiger partial charge in [-0.05, 0) is 12.2 Å². The zero-order valence-electron chi connectivity index (χ0n) is 9.52. The van der Waals surface area contributed by atoms with E-state index < -0.39 is 11.6 Å². The van der Waals surface area contributed by atoms with Gasteiger partial charge in [0.05, 0.1) is 0 Å². The fourth-order valence-corrected chi connectivity index (χ4v) is 2.14. The minimum absolute atomic E-state index is 0.0967. The highest BCUT2D eigenvalue weighted by molar-refractivity contribution is 7.99. The number of unbranched alkanes of at least 4 members (excludes halogenated alkanes) is 2. The van der Waals surface area contributed by atoms with Crippen molar-refractivity contribution in [2.45, 2.75) is 31.2 Å². The molecule has 0 radical (unpaired) electrons. The van der Waals surface area contributed by atoms with Gasteiger partial charge in [-0.1, -0.05) is 19.8 Å². The topological polar surface area (TPSA) is 24.9 Å². The summed E-state index contributed by atoms with van der Waals surface area (Å²) in [6, 6.07) is 0.876. The Bertz CT molecular complexity index is 345. The zero-order chi connectivity index (χ0) is 12.0. The van der Waals surface area contributed by atoms with E-state index in [0.717, 1.165) is 31.1 Å². The van der Waals surface area contributed by atoms with Crippen molar-refractivity contribution in [2.24, 2.45) is 0 Å². The van der Waals surface area contributed by atoms with Crippen LogP contribution in [-0.4, -0.2) is 17.8 Å². The van der Waals surface area contributed by atoms with Crippen molar-refractivity contribution in [2.75, 3.05) is 18.1 Å². The zero-order valence-corrected chi connectivity index (χ0v) is 10.3. The Hall–Kier alpha value is -0.840. The van der Waals surface area contributed by atoms with Crippen LogP contribution in [0.2, 0.25) is 0 Å². The van der Waals surface area contributed by atoms with Crippen molar-refractivity contribution in [3.05, 3.63) is 17.7 Å². The molecule has 0 fully saturated rings. The lowest BCUT2D eigenvalue weighted by Gasteiger charge is -2.06. The van der Waals surface area contributed by atoms with E-state index in [1.807, 2.05) is 0 Å². The molecule has 16 heavy (non-hydrogen) atoms. The molecule has 0 atom stereocenters. The second-order valence-corrected chi connectivity index (χ2v) is 4.49. The molecule has 90 valence electrons. The number of hydrogen-bond donors (Lipinski definition) is 1. The molecule has 0 spiro atoms. The van der Waals surface area contributed by atoms with Gasteiger partial charge in [-0.3, -0.25) is 0 Å². The molecule has 1 N–H and O–H groups in total. The number of pyridine rings is 1. The van der Waals surface area contributed by atoms with Gasteiger partial charge in [0.15, 0.2) is 17.5 Å². The number of halogens is 2. The number of aromatic nitrogens is 1. The molecule has 0 aromatic carbocycles. The largest absolute Gasteiger partial charge is 0.371 e. The minimum atomic E-state index is -0.655. The standard InChI is InChI=1S/C11H16F2N2S/c1-3-4-5-6-16-11-9(13)7-8(12)10(14-2)15-11/h7H,3-6H2,1-2H3,(H,14,15). The van der Waals surface area contributed by atoms with Gasteiger partial charge < -0.3 is 5.32 Å². The maximum Gasteiger partial charge on any atom is 0.168 e. The fourth-order valence-electron chi connectivity index (χ4n) is 1.25. The van der Waals surface area contributed by atoms with Crippen molar-refractivity contribution in [3.63, 3.8) is 0 Å². The summed E-state index contributed by atoms with van der Waals surface area (Å²) >= 11 is 1.33. The van der Waals surface area contributed by atoms with Crippen LogP contribution in [0.25, 0.3) is 0 Å². The lowest BCUT2D eigenvalue weighted by Crippen LogP contribution is -2.00. The Morgan fingerprint density at radius 1 is 1.31 bits per heavy atom. The van der Waals surface area contributed by atoms with Crippen LogP contribution in [0.1, 0.15) is 26.2 Å². The smallest absolute Gasteiger partial charge is 0.168 e. The minimum Gasteiger partial charge on any atom is -0.371 e. The van der Waals surface area contributed by atoms with E-state index in [-0.39, 0.29) is 10.8 Å². The van der Waals surface area contributed by atoms with Gasteiger partial charge in [0.2, 0.25) is 0 Å². The Labute approximate surface area is 98.8 Å². The second-order valence-electron chi connectivity index (χ2n) is 3.41. The molecule has 0 aliphatic heterocycles. The van der Waals surface area contributed by atoms with E-state index in [2.05, 4.69) is 17.2 Å². The summed E-state index contributed by atoms with van der Waals surface area (Å²) in [5.41, 5.74) is 0. The third kappa shape index (κ3) is 3.63. The van der Waals surface area contributed by atoms with Crippen molar-refractivity contribution >= 4 is 17.6 Å². The van der Waals surface area contributed by atoms with Crippen LogP contribution in [0.15, 0.2) is 11.1 Å². The average Bonchev–Trinajstić information content (AvgIpc) is 2.27. The summed E-state index contributed by atoms with van der Waals surface area (Å²) in [4.78, 5) is 3.89. The van der Waals surface area contributed by atoms with Crippen LogP contribution in [0.3, 0.4) is 0 Å². The Kier molecular flexibility index (Phi) is 5.52. The summed E-state index contributed by atoms with van der Waals surface area (Å²) in [5.74, 6) is -0.331. The lowest BCUT2D eigenvalue weighted by atomic mass is 10.3. The van der Waals surface area contributed by atoms with E-state index in [1.54, 1.807) is 7.05 Å². The van der Waals surface area contributed by atoms with Crippen LogP contribution in [0, 0.1) is 11.6 Å². The van der Waals surface area contributed by atoms with Crippen molar-refractivity contribution in [3.8, 4) is 0 Å². The molecule has 0 aliphatic rings. The molecular weight excluding hydrogens is 230 g/mol. The first-order valence-electron chi connectivity index (χ1n) is 5.35. The maximum atomic E-state index is 13.3. The molecule has 2 nitrogen and oxygen atoms in total. The molecule has 5 heteroatoms. The highest BCUT2D eigenvalue weighted by atomic mass is 32.2. The highest BCUT2D eigenvalue weighted by Crippen LogP contribution is 2.24. The van der Waals surface area contributed by atoms with Gasteiger partial charge in [-0.15, -0.1) is 11.8 Å². The maximum absolute atomic E-state index is 13.3. The SMILES string of the molecule is CCCCCSc1nc(NC)c(F)cc1F. The van der Waals surface area contributed by atoms with E-state index in [9.17, 15) is 8.78 Å². The second kappa shape index (κ2) is 6.68. The molecule has 0 saturated heterocycles. The monoisotopic (exact) mass is 246 g/mol. The van der Waals surface area contributed by atoms with Crippen LogP contribution in [0.4, 0.5) is 14.6 Å². The van der Waals surface area contributed by atoms with Gasteiger partial charge in [-0.25, -0.2) is 13.8 Å². The highest BCUT2D eigenvalue weighted by Gasteiger charge is 2.10. The van der Waals surface area contributed by atoms with Crippen LogP contribution >= 0.6 is 11.8 Å². The molecule has 0 unspecified atom stereocenters. The number of thioether (sulfide) groups is 1. The van der Waals surface area contributed by atoms with Gasteiger partial charge in [0.1, 0.15) is 5.03 Å². The van der Waals surface area contributed by atoms with Crippen LogP contribution in [-0.2, 0) is 0 Å². The average molecular weight is 246 g/mol. The Morgan fingerprint density at radius 2 is 2.06 bits per heavy atom. The van der Waals surface area contributed by atoms with Gasteiger partial charge in [0.25, 0.3) is 0 Å². The molecule has 0 bridgehead atoms. The molecule has 1 heterocycles. The number of hydrogen-bond acceptors (Lipinski definition) is 3. The molecule has 0 aliphatic carbocycles. The molecule has 1 rings (SSSR count). The van der Waals surface area contributed by atoms with E-state index in [0.29, 0.717) is 0 Å². The summed E-state index contributed by atoms with van der Waals surface area (Å²) in [7, 11) is 1.56. The quantitative estimate of drug-likeness (QED) is 0.612. The normalized spacial score (nSPS) is 10.5. The van der Waals surface area contributed by atoms with Crippen molar-refractivity contribution in [1.82, 2.24) is 4.98 Å². The van der Waals surface area contributed by atoms with E-state index in [1.165, 1.54) is 11.8 Å². The first-order valence-corrected chi connectivity index (χ1v) is 6.34. The Morgan fingerprint density at radius 3 is 2.69 bits per heavy atom. The van der Waals surface area contributed by atoms with E-state index >= 15 is 0 Å².